The first kappa shape index (κ1) is 13.3. The molecule has 1 aliphatic heterocycles. The maximum Gasteiger partial charge on any atom is 0.0535 e. The van der Waals surface area contributed by atoms with E-state index in [-0.39, 0.29) is 0 Å². The zero-order chi connectivity index (χ0) is 13.9. The number of hydrogen-bond acceptors (Lipinski definition) is 3. The molecule has 0 bridgehead atoms. The van der Waals surface area contributed by atoms with Crippen LogP contribution in [0.15, 0.2) is 36.5 Å². The quantitative estimate of drug-likeness (QED) is 0.892. The van der Waals surface area contributed by atoms with Crippen LogP contribution in [0.5, 0.6) is 0 Å². The summed E-state index contributed by atoms with van der Waals surface area (Å²) >= 11 is 0. The highest BCUT2D eigenvalue weighted by Gasteiger charge is 2.32. The number of nitrogens with zero attached hydrogens (tertiary/aromatic N) is 2. The van der Waals surface area contributed by atoms with Crippen LogP contribution < -0.4 is 5.73 Å². The minimum atomic E-state index is 0.546. The first-order chi connectivity index (χ1) is 9.78. The lowest BCUT2D eigenvalue weighted by Crippen LogP contribution is -2.23. The van der Waals surface area contributed by atoms with Crippen molar-refractivity contribution in [2.45, 2.75) is 19.4 Å². The number of hydrogen-bond donors (Lipinski definition) is 2. The van der Waals surface area contributed by atoms with Crippen LogP contribution >= 0.6 is 0 Å². The average molecular weight is 270 g/mol. The highest BCUT2D eigenvalue weighted by molar-refractivity contribution is 5.23. The molecule has 0 unspecified atom stereocenters. The highest BCUT2D eigenvalue weighted by atomic mass is 15.2. The van der Waals surface area contributed by atoms with E-state index in [4.69, 9.17) is 5.73 Å². The van der Waals surface area contributed by atoms with Crippen molar-refractivity contribution < 1.29 is 0 Å². The molecule has 106 valence electrons. The lowest BCUT2D eigenvalue weighted by Gasteiger charge is -2.16. The van der Waals surface area contributed by atoms with Gasteiger partial charge in [0.25, 0.3) is 0 Å². The molecule has 4 nitrogen and oxygen atoms in total. The van der Waals surface area contributed by atoms with Crippen molar-refractivity contribution >= 4 is 0 Å². The van der Waals surface area contributed by atoms with Gasteiger partial charge in [0.05, 0.1) is 6.20 Å². The summed E-state index contributed by atoms with van der Waals surface area (Å²) in [7, 11) is 0. The Labute approximate surface area is 120 Å². The largest absolute Gasteiger partial charge is 0.330 e. The smallest absolute Gasteiger partial charge is 0.0535 e. The number of aryl methyl sites for hydroxylation is 1. The van der Waals surface area contributed by atoms with E-state index in [0.717, 1.165) is 31.9 Å². The second-order valence-electron chi connectivity index (χ2n) is 5.73. The van der Waals surface area contributed by atoms with E-state index in [1.807, 2.05) is 6.20 Å². The molecule has 3 N–H and O–H groups in total. The van der Waals surface area contributed by atoms with Crippen molar-refractivity contribution in [1.82, 2.24) is 15.1 Å². The fraction of sp³-hybridized carbons (Fsp3) is 0.438. The van der Waals surface area contributed by atoms with Gasteiger partial charge >= 0.3 is 0 Å². The molecule has 1 saturated heterocycles. The van der Waals surface area contributed by atoms with Crippen molar-refractivity contribution in [3.8, 4) is 0 Å². The monoisotopic (exact) mass is 270 g/mol. The average Bonchev–Trinajstić information content (AvgIpc) is 3.07. The van der Waals surface area contributed by atoms with Crippen LogP contribution in [0.1, 0.15) is 22.7 Å². The Bertz CT molecular complexity index is 549. The number of nitrogens with two attached hydrogens (primary N) is 1. The van der Waals surface area contributed by atoms with Gasteiger partial charge in [-0.15, -0.1) is 0 Å². The van der Waals surface area contributed by atoms with Crippen LogP contribution in [-0.4, -0.2) is 34.7 Å². The van der Waals surface area contributed by atoms with Gasteiger partial charge < -0.3 is 5.73 Å². The minimum Gasteiger partial charge on any atom is -0.330 e. The SMILES string of the molecule is Cc1[nH]ncc1CN1C[C@@H](CN)[C@H](c2ccccc2)C1. The summed E-state index contributed by atoms with van der Waals surface area (Å²) in [6, 6.07) is 10.7. The fourth-order valence-corrected chi connectivity index (χ4v) is 3.18. The van der Waals surface area contributed by atoms with Gasteiger partial charge in [0.15, 0.2) is 0 Å². The summed E-state index contributed by atoms with van der Waals surface area (Å²) in [5.41, 5.74) is 9.84. The minimum absolute atomic E-state index is 0.546. The van der Waals surface area contributed by atoms with Gasteiger partial charge in [-0.2, -0.15) is 5.10 Å². The molecule has 2 aromatic rings. The molecule has 0 aliphatic carbocycles. The second-order valence-corrected chi connectivity index (χ2v) is 5.73. The molecule has 1 aromatic heterocycles. The molecule has 1 fully saturated rings. The summed E-state index contributed by atoms with van der Waals surface area (Å²) < 4.78 is 0. The van der Waals surface area contributed by atoms with Gasteiger partial charge in [-0.1, -0.05) is 30.3 Å². The molecule has 0 amide bonds. The lowest BCUT2D eigenvalue weighted by molar-refractivity contribution is 0.316. The van der Waals surface area contributed by atoms with Gasteiger partial charge in [0.1, 0.15) is 0 Å². The molecule has 3 rings (SSSR count). The third kappa shape index (κ3) is 2.62. The normalized spacial score (nSPS) is 23.3. The summed E-state index contributed by atoms with van der Waals surface area (Å²) in [5, 5.41) is 7.11. The maximum absolute atomic E-state index is 5.98. The molecule has 2 heterocycles. The maximum atomic E-state index is 5.98. The summed E-state index contributed by atoms with van der Waals surface area (Å²) in [6.07, 6.45) is 1.93. The molecular formula is C16H22N4. The number of nitrogens with one attached hydrogen (secondary N) is 1. The van der Waals surface area contributed by atoms with Crippen molar-refractivity contribution in [3.63, 3.8) is 0 Å². The third-order valence-corrected chi connectivity index (χ3v) is 4.38. The van der Waals surface area contributed by atoms with Crippen LogP contribution in [0, 0.1) is 12.8 Å². The van der Waals surface area contributed by atoms with Crippen LogP contribution in [0.25, 0.3) is 0 Å². The molecule has 1 aliphatic rings. The first-order valence-electron chi connectivity index (χ1n) is 7.24. The standard InChI is InChI=1S/C16H22N4/c1-12-15(8-18-19-12)10-20-9-14(7-17)16(11-20)13-5-3-2-4-6-13/h2-6,8,14,16H,7,9-11,17H2,1H3,(H,18,19)/t14-,16+/m1/s1. The predicted molar refractivity (Wildman–Crippen MR) is 80.3 cm³/mol. The fourth-order valence-electron chi connectivity index (χ4n) is 3.18. The molecule has 0 radical (unpaired) electrons. The number of aromatic amines is 1. The van der Waals surface area contributed by atoms with Gasteiger partial charge in [-0.05, 0) is 24.9 Å². The number of benzene rings is 1. The zero-order valence-corrected chi connectivity index (χ0v) is 11.9. The van der Waals surface area contributed by atoms with E-state index < -0.39 is 0 Å². The molecule has 0 saturated carbocycles. The lowest BCUT2D eigenvalue weighted by atomic mass is 9.89. The Hall–Kier alpha value is -1.65. The molecule has 4 heteroatoms. The van der Waals surface area contributed by atoms with Crippen molar-refractivity contribution in [2.75, 3.05) is 19.6 Å². The Balaban J connectivity index is 1.73. The Morgan fingerprint density at radius 1 is 1.30 bits per heavy atom. The Morgan fingerprint density at radius 2 is 2.10 bits per heavy atom. The number of likely N-dealkylation sites (tertiary alicyclic amines) is 1. The van der Waals surface area contributed by atoms with Crippen LogP contribution in [-0.2, 0) is 6.54 Å². The van der Waals surface area contributed by atoms with E-state index in [1.54, 1.807) is 0 Å². The summed E-state index contributed by atoms with van der Waals surface area (Å²) in [5.74, 6) is 1.10. The van der Waals surface area contributed by atoms with Gasteiger partial charge in [-0.25, -0.2) is 0 Å². The number of H-pyrrole nitrogens is 1. The summed E-state index contributed by atoms with van der Waals surface area (Å²) in [6.45, 7) is 5.94. The zero-order valence-electron chi connectivity index (χ0n) is 11.9. The van der Waals surface area contributed by atoms with Crippen LogP contribution in [0.4, 0.5) is 0 Å². The van der Waals surface area contributed by atoms with Gasteiger partial charge in [-0.3, -0.25) is 10.00 Å². The highest BCUT2D eigenvalue weighted by Crippen LogP contribution is 2.32. The van der Waals surface area contributed by atoms with Gasteiger partial charge in [0.2, 0.25) is 0 Å². The van der Waals surface area contributed by atoms with E-state index in [0.29, 0.717) is 11.8 Å². The van der Waals surface area contributed by atoms with Crippen LogP contribution in [0.3, 0.4) is 0 Å². The van der Waals surface area contributed by atoms with Crippen LogP contribution in [0.2, 0.25) is 0 Å². The van der Waals surface area contributed by atoms with Gasteiger partial charge in [0, 0.05) is 36.8 Å². The molecule has 1 aromatic carbocycles. The Kier molecular flexibility index (Phi) is 3.85. The van der Waals surface area contributed by atoms with Crippen molar-refractivity contribution in [3.05, 3.63) is 53.3 Å². The van der Waals surface area contributed by atoms with Crippen molar-refractivity contribution in [2.24, 2.45) is 11.7 Å². The summed E-state index contributed by atoms with van der Waals surface area (Å²) in [4.78, 5) is 2.49. The molecular weight excluding hydrogens is 248 g/mol. The van der Waals surface area contributed by atoms with E-state index in [2.05, 4.69) is 52.4 Å². The van der Waals surface area contributed by atoms with Crippen molar-refractivity contribution in [1.29, 1.82) is 0 Å². The molecule has 20 heavy (non-hydrogen) atoms. The second kappa shape index (κ2) is 5.77. The molecule has 2 atom stereocenters. The topological polar surface area (TPSA) is 57.9 Å². The van der Waals surface area contributed by atoms with E-state index in [1.165, 1.54) is 11.1 Å². The number of aromatic nitrogens is 2. The third-order valence-electron chi connectivity index (χ3n) is 4.38. The van der Waals surface area contributed by atoms with E-state index >= 15 is 0 Å². The first-order valence-corrected chi connectivity index (χ1v) is 7.24. The van der Waals surface area contributed by atoms with E-state index in [9.17, 15) is 0 Å². The number of rotatable bonds is 4. The predicted octanol–water partition coefficient (Wildman–Crippen LogP) is 1.89. The molecule has 0 spiro atoms. The Morgan fingerprint density at radius 3 is 2.75 bits per heavy atom.